The molecular formula is C47H51NO15. The molecule has 3 aromatic rings. The molecule has 16 heteroatoms. The third kappa shape index (κ3) is 7.58. The quantitative estimate of drug-likeness (QED) is 0.128. The lowest BCUT2D eigenvalue weighted by Gasteiger charge is -2.67. The average molecular weight is 870 g/mol. The second-order valence-electron chi connectivity index (χ2n) is 17.3. The van der Waals surface area contributed by atoms with Gasteiger partial charge in [0.25, 0.3) is 5.91 Å². The molecule has 2 unspecified atom stereocenters. The molecule has 3 aromatic carbocycles. The zero-order chi connectivity index (χ0) is 45.6. The van der Waals surface area contributed by atoms with E-state index in [0.717, 1.165) is 14.0 Å². The molecule has 334 valence electrons. The largest absolute Gasteiger partial charge is 0.508 e. The van der Waals surface area contributed by atoms with Crippen molar-refractivity contribution in [2.45, 2.75) is 101 Å². The van der Waals surface area contributed by atoms with Gasteiger partial charge < -0.3 is 49.1 Å². The van der Waals surface area contributed by atoms with Crippen molar-refractivity contribution in [1.29, 1.82) is 0 Å². The maximum atomic E-state index is 15.5. The number of methoxy groups -OCH3 is 1. The van der Waals surface area contributed by atoms with Gasteiger partial charge in [-0.2, -0.15) is 0 Å². The number of carbonyl (C=O) groups is 6. The van der Waals surface area contributed by atoms with Gasteiger partial charge in [-0.15, -0.1) is 0 Å². The van der Waals surface area contributed by atoms with Crippen molar-refractivity contribution in [3.63, 3.8) is 0 Å². The minimum atomic E-state index is -2.43. The Kier molecular flexibility index (Phi) is 12.2. The molecular weight excluding hydrogens is 819 g/mol. The molecule has 3 aliphatic carbocycles. The number of aliphatic hydroxyl groups is 3. The lowest BCUT2D eigenvalue weighted by molar-refractivity contribution is -0.344. The third-order valence-corrected chi connectivity index (χ3v) is 13.6. The highest BCUT2D eigenvalue weighted by Crippen LogP contribution is 2.64. The number of Topliss-reactive ketones (excluding diaryl/α,β-unsaturated/α-hetero) is 1. The van der Waals surface area contributed by atoms with Crippen molar-refractivity contribution in [2.75, 3.05) is 13.7 Å². The number of nitrogens with one attached hydrogen (secondary N) is 1. The molecule has 1 aliphatic heterocycles. The molecule has 3 fully saturated rings. The van der Waals surface area contributed by atoms with Gasteiger partial charge in [-0.1, -0.05) is 80.6 Å². The number of amides is 1. The fourth-order valence-electron chi connectivity index (χ4n) is 10.1. The normalized spacial score (nSPS) is 31.5. The van der Waals surface area contributed by atoms with E-state index >= 15 is 4.79 Å². The Morgan fingerprint density at radius 1 is 0.857 bits per heavy atom. The number of hydrogen-bond acceptors (Lipinski definition) is 15. The van der Waals surface area contributed by atoms with Crippen LogP contribution in [0.2, 0.25) is 0 Å². The third-order valence-electron chi connectivity index (χ3n) is 13.6. The number of ether oxygens (including phenoxy) is 6. The van der Waals surface area contributed by atoms with E-state index in [1.807, 2.05) is 0 Å². The fraction of sp³-hybridized carbons (Fsp3) is 0.447. The Morgan fingerprint density at radius 3 is 2.00 bits per heavy atom. The minimum absolute atomic E-state index is 0.0247. The highest BCUT2D eigenvalue weighted by molar-refractivity contribution is 5.96. The van der Waals surface area contributed by atoms with Crippen LogP contribution in [0.3, 0.4) is 0 Å². The van der Waals surface area contributed by atoms with Gasteiger partial charge in [0.1, 0.15) is 23.9 Å². The molecule has 16 nitrogen and oxygen atoms in total. The molecule has 0 spiro atoms. The predicted octanol–water partition coefficient (Wildman–Crippen LogP) is 3.96. The Balaban J connectivity index is 1.39. The summed E-state index contributed by atoms with van der Waals surface area (Å²) in [4.78, 5) is 83.7. The topological polar surface area (TPSA) is 231 Å². The Bertz CT molecular complexity index is 2300. The molecule has 7 rings (SSSR count). The van der Waals surface area contributed by atoms with Gasteiger partial charge in [0.2, 0.25) is 0 Å². The molecule has 0 aromatic heterocycles. The summed E-state index contributed by atoms with van der Waals surface area (Å²) >= 11 is 0. The summed E-state index contributed by atoms with van der Waals surface area (Å²) in [5.41, 5.74) is -7.35. The van der Waals surface area contributed by atoms with E-state index in [2.05, 4.69) is 5.32 Å². The highest BCUT2D eigenvalue weighted by Gasteiger charge is 2.78. The number of fused-ring (bicyclic) bond motifs is 5. The number of hydrogen-bond donors (Lipinski definition) is 4. The summed E-state index contributed by atoms with van der Waals surface area (Å²) < 4.78 is 35.1. The van der Waals surface area contributed by atoms with Gasteiger partial charge in [0, 0.05) is 30.7 Å². The lowest BCUT2D eigenvalue weighted by Crippen LogP contribution is -2.82. The number of rotatable bonds is 10. The molecule has 2 saturated carbocycles. The number of benzene rings is 3. The molecule has 1 amide bonds. The van der Waals surface area contributed by atoms with Crippen molar-refractivity contribution in [1.82, 2.24) is 5.32 Å². The van der Waals surface area contributed by atoms with Crippen LogP contribution in [0.4, 0.5) is 4.79 Å². The summed E-state index contributed by atoms with van der Waals surface area (Å²) in [6.07, 6.45) is -12.0. The predicted molar refractivity (Wildman–Crippen MR) is 219 cm³/mol. The van der Waals surface area contributed by atoms with E-state index in [4.69, 9.17) is 28.4 Å². The van der Waals surface area contributed by atoms with Gasteiger partial charge in [-0.3, -0.25) is 14.4 Å². The Morgan fingerprint density at radius 2 is 1.44 bits per heavy atom. The van der Waals surface area contributed by atoms with Crippen molar-refractivity contribution < 1.29 is 72.5 Å². The molecule has 1 heterocycles. The van der Waals surface area contributed by atoms with E-state index in [0.29, 0.717) is 5.56 Å². The number of carbonyl (C=O) groups excluding carboxylic acids is 6. The molecule has 4 aliphatic rings. The van der Waals surface area contributed by atoms with E-state index in [1.54, 1.807) is 92.7 Å². The fourth-order valence-corrected chi connectivity index (χ4v) is 10.1. The lowest BCUT2D eigenvalue weighted by atomic mass is 9.44. The van der Waals surface area contributed by atoms with E-state index in [-0.39, 0.29) is 35.3 Å². The summed E-state index contributed by atoms with van der Waals surface area (Å²) in [5, 5.41) is 40.3. The van der Waals surface area contributed by atoms with Gasteiger partial charge in [-0.05, 0) is 54.8 Å². The SMILES string of the molecule is COC(=O)O[C@@]12CO[C@@H]1C[C@H](O)[C@@]1(C)C(=O)[C@H](OC(C)=O)C3=C(C)[C@@H](OC(=O)C(O)C(NC(=O)c4ccccc4)c4ccccc4)C[C@@](O)([C@@H](OC(=O)c4ccccc4)[C@H]21)C3(C)C. The number of ketones is 1. The smallest absolute Gasteiger partial charge is 0.456 e. The van der Waals surface area contributed by atoms with Crippen LogP contribution in [0.1, 0.15) is 79.8 Å². The first-order chi connectivity index (χ1) is 29.8. The first-order valence-corrected chi connectivity index (χ1v) is 20.6. The second kappa shape index (κ2) is 17.0. The zero-order valence-electron chi connectivity index (χ0n) is 35.6. The number of esters is 3. The summed E-state index contributed by atoms with van der Waals surface area (Å²) in [6.45, 7) is 6.66. The van der Waals surface area contributed by atoms with Crippen LogP contribution < -0.4 is 5.32 Å². The van der Waals surface area contributed by atoms with Crippen LogP contribution in [-0.4, -0.2) is 113 Å². The summed E-state index contributed by atoms with van der Waals surface area (Å²) in [7, 11) is 1.07. The standard InChI is InChI=1S/C47H51NO15/c1-25-30(61-42(55)35(51)34(27-16-10-7-11-17-27)48-40(53)28-18-12-8-13-19-28)23-47(57)39(62-41(54)29-20-14-9-15-21-29)37-45(5,38(52)36(60-26(2)49)33(25)44(47,3)4)31(50)22-32-46(37,24-59-32)63-43(56)58-6/h7-21,30-32,34-37,39,50-51,57H,22-24H2,1-6H3,(H,48,53)/t30-,31-,32+,34?,35?,36+,37-,39-,45+,46-,47+/m0/s1. The second-order valence-corrected chi connectivity index (χ2v) is 17.3. The first-order valence-electron chi connectivity index (χ1n) is 20.6. The van der Waals surface area contributed by atoms with E-state index in [1.165, 1.54) is 26.0 Å². The zero-order valence-corrected chi connectivity index (χ0v) is 35.6. The van der Waals surface area contributed by atoms with E-state index < -0.39 is 113 Å². The Labute approximate surface area is 363 Å². The van der Waals surface area contributed by atoms with Crippen LogP contribution in [0.5, 0.6) is 0 Å². The molecule has 63 heavy (non-hydrogen) atoms. The van der Waals surface area contributed by atoms with Gasteiger partial charge in [0.05, 0.1) is 42.8 Å². The molecule has 0 radical (unpaired) electrons. The molecule has 4 N–H and O–H groups in total. The molecule has 1 saturated heterocycles. The first kappa shape index (κ1) is 45.1. The Hall–Kier alpha value is -5.94. The van der Waals surface area contributed by atoms with Crippen LogP contribution in [0.25, 0.3) is 0 Å². The van der Waals surface area contributed by atoms with Crippen LogP contribution >= 0.6 is 0 Å². The van der Waals surface area contributed by atoms with Crippen molar-refractivity contribution in [3.05, 3.63) is 119 Å². The molecule has 2 bridgehead atoms. The van der Waals surface area contributed by atoms with Crippen LogP contribution in [-0.2, 0) is 42.8 Å². The average Bonchev–Trinajstić information content (AvgIpc) is 3.26. The maximum absolute atomic E-state index is 15.5. The summed E-state index contributed by atoms with van der Waals surface area (Å²) in [6, 6.07) is 22.8. The minimum Gasteiger partial charge on any atom is -0.456 e. The van der Waals surface area contributed by atoms with E-state index in [9.17, 15) is 39.3 Å². The monoisotopic (exact) mass is 869 g/mol. The highest BCUT2D eigenvalue weighted by atomic mass is 16.8. The molecule has 11 atom stereocenters. The van der Waals surface area contributed by atoms with Crippen molar-refractivity contribution in [3.8, 4) is 0 Å². The number of aliphatic hydroxyl groups excluding tert-OH is 2. The van der Waals surface area contributed by atoms with Gasteiger partial charge >= 0.3 is 24.1 Å². The van der Waals surface area contributed by atoms with Gasteiger partial charge in [0.15, 0.2) is 23.6 Å². The maximum Gasteiger partial charge on any atom is 0.508 e. The van der Waals surface area contributed by atoms with Crippen LogP contribution in [0.15, 0.2) is 102 Å². The van der Waals surface area contributed by atoms with Crippen LogP contribution in [0, 0.1) is 16.7 Å². The van der Waals surface area contributed by atoms with Gasteiger partial charge in [-0.25, -0.2) is 14.4 Å². The van der Waals surface area contributed by atoms with Crippen molar-refractivity contribution in [2.24, 2.45) is 16.7 Å². The summed E-state index contributed by atoms with van der Waals surface area (Å²) in [5.74, 6) is -6.24. The van der Waals surface area contributed by atoms with Crippen molar-refractivity contribution >= 4 is 35.8 Å².